The van der Waals surface area contributed by atoms with E-state index >= 15 is 0 Å². The summed E-state index contributed by atoms with van der Waals surface area (Å²) in [5.74, 6) is 0. The number of hydrogen-bond acceptors (Lipinski definition) is 3. The standard InChI is InChI=1S/C13H13ClN2S/c1-9(15)12-6-3-7-16-13(12)17-11-5-2-4-10(14)8-11/h2-9H,15H2,1H3/t9-/m0/s1. The summed E-state index contributed by atoms with van der Waals surface area (Å²) in [5, 5.41) is 1.66. The molecule has 0 aliphatic carbocycles. The third kappa shape index (κ3) is 3.22. The Morgan fingerprint density at radius 2 is 2.12 bits per heavy atom. The maximum Gasteiger partial charge on any atom is 0.105 e. The van der Waals surface area contributed by atoms with Crippen molar-refractivity contribution >= 4 is 23.4 Å². The fourth-order valence-corrected chi connectivity index (χ4v) is 2.77. The van der Waals surface area contributed by atoms with Crippen molar-refractivity contribution in [3.05, 3.63) is 53.2 Å². The van der Waals surface area contributed by atoms with Gasteiger partial charge in [0.15, 0.2) is 0 Å². The summed E-state index contributed by atoms with van der Waals surface area (Å²) in [4.78, 5) is 5.43. The minimum Gasteiger partial charge on any atom is -0.324 e. The lowest BCUT2D eigenvalue weighted by atomic mass is 10.2. The van der Waals surface area contributed by atoms with E-state index in [1.165, 1.54) is 0 Å². The van der Waals surface area contributed by atoms with E-state index < -0.39 is 0 Å². The molecule has 2 nitrogen and oxygen atoms in total. The summed E-state index contributed by atoms with van der Waals surface area (Å²) < 4.78 is 0. The molecule has 2 aromatic rings. The number of aromatic nitrogens is 1. The Morgan fingerprint density at radius 3 is 2.82 bits per heavy atom. The van der Waals surface area contributed by atoms with E-state index in [1.54, 1.807) is 18.0 Å². The first-order valence-electron chi connectivity index (χ1n) is 5.31. The largest absolute Gasteiger partial charge is 0.324 e. The predicted octanol–water partition coefficient (Wildman–Crippen LogP) is 3.91. The quantitative estimate of drug-likeness (QED) is 0.914. The molecule has 88 valence electrons. The Bertz CT molecular complexity index is 514. The highest BCUT2D eigenvalue weighted by Gasteiger charge is 2.09. The van der Waals surface area contributed by atoms with Crippen LogP contribution in [-0.2, 0) is 0 Å². The molecule has 2 N–H and O–H groups in total. The molecule has 4 heteroatoms. The zero-order valence-corrected chi connectivity index (χ0v) is 11.0. The molecule has 0 unspecified atom stereocenters. The first-order valence-corrected chi connectivity index (χ1v) is 6.50. The van der Waals surface area contributed by atoms with Gasteiger partial charge >= 0.3 is 0 Å². The summed E-state index contributed by atoms with van der Waals surface area (Å²) >= 11 is 7.54. The van der Waals surface area contributed by atoms with Crippen LogP contribution in [0.5, 0.6) is 0 Å². The molecule has 0 bridgehead atoms. The summed E-state index contributed by atoms with van der Waals surface area (Å²) in [6.45, 7) is 1.96. The number of nitrogens with zero attached hydrogens (tertiary/aromatic N) is 1. The fourth-order valence-electron chi connectivity index (χ4n) is 1.48. The second kappa shape index (κ2) is 5.54. The highest BCUT2D eigenvalue weighted by molar-refractivity contribution is 7.99. The Morgan fingerprint density at radius 1 is 1.29 bits per heavy atom. The second-order valence-electron chi connectivity index (χ2n) is 3.75. The lowest BCUT2D eigenvalue weighted by Gasteiger charge is -2.10. The molecular formula is C13H13ClN2S. The van der Waals surface area contributed by atoms with Gasteiger partial charge in [-0.3, -0.25) is 0 Å². The first kappa shape index (κ1) is 12.4. The van der Waals surface area contributed by atoms with Crippen molar-refractivity contribution < 1.29 is 0 Å². The zero-order chi connectivity index (χ0) is 12.3. The van der Waals surface area contributed by atoms with Crippen molar-refractivity contribution in [1.29, 1.82) is 0 Å². The molecule has 1 aromatic carbocycles. The van der Waals surface area contributed by atoms with Crippen LogP contribution < -0.4 is 5.73 Å². The topological polar surface area (TPSA) is 38.9 Å². The van der Waals surface area contributed by atoms with Crippen LogP contribution in [0.25, 0.3) is 0 Å². The zero-order valence-electron chi connectivity index (χ0n) is 9.43. The molecule has 0 spiro atoms. The number of nitrogens with two attached hydrogens (primary N) is 1. The van der Waals surface area contributed by atoms with Gasteiger partial charge in [-0.05, 0) is 31.2 Å². The number of benzene rings is 1. The van der Waals surface area contributed by atoms with Crippen LogP contribution in [0.3, 0.4) is 0 Å². The summed E-state index contributed by atoms with van der Waals surface area (Å²) in [7, 11) is 0. The normalized spacial score (nSPS) is 12.4. The number of halogens is 1. The van der Waals surface area contributed by atoms with Crippen molar-refractivity contribution in [2.45, 2.75) is 22.9 Å². The van der Waals surface area contributed by atoms with Gasteiger partial charge in [-0.25, -0.2) is 4.98 Å². The van der Waals surface area contributed by atoms with Gasteiger partial charge in [0.2, 0.25) is 0 Å². The minimum absolute atomic E-state index is 0.0228. The second-order valence-corrected chi connectivity index (χ2v) is 5.24. The van der Waals surface area contributed by atoms with Crippen molar-refractivity contribution in [3.63, 3.8) is 0 Å². The number of hydrogen-bond donors (Lipinski definition) is 1. The molecule has 0 aliphatic heterocycles. The van der Waals surface area contributed by atoms with Gasteiger partial charge in [0.25, 0.3) is 0 Å². The van der Waals surface area contributed by atoms with Gasteiger partial charge in [-0.1, -0.05) is 35.5 Å². The summed E-state index contributed by atoms with van der Waals surface area (Å²) in [6.07, 6.45) is 1.78. The Kier molecular flexibility index (Phi) is 4.05. The van der Waals surface area contributed by atoms with E-state index in [2.05, 4.69) is 4.98 Å². The van der Waals surface area contributed by atoms with Gasteiger partial charge in [0.1, 0.15) is 5.03 Å². The van der Waals surface area contributed by atoms with Gasteiger partial charge in [0.05, 0.1) is 0 Å². The molecule has 2 rings (SSSR count). The van der Waals surface area contributed by atoms with Crippen LogP contribution in [0, 0.1) is 0 Å². The predicted molar refractivity (Wildman–Crippen MR) is 72.4 cm³/mol. The smallest absolute Gasteiger partial charge is 0.105 e. The third-order valence-corrected chi connectivity index (χ3v) is 3.56. The lowest BCUT2D eigenvalue weighted by molar-refractivity contribution is 0.779. The molecule has 1 heterocycles. The maximum atomic E-state index is 5.95. The van der Waals surface area contributed by atoms with Crippen LogP contribution in [-0.4, -0.2) is 4.98 Å². The van der Waals surface area contributed by atoms with E-state index in [-0.39, 0.29) is 6.04 Å². The van der Waals surface area contributed by atoms with Gasteiger partial charge in [0, 0.05) is 27.7 Å². The Labute approximate surface area is 110 Å². The minimum atomic E-state index is -0.0228. The van der Waals surface area contributed by atoms with Crippen LogP contribution in [0.15, 0.2) is 52.5 Å². The maximum absolute atomic E-state index is 5.95. The van der Waals surface area contributed by atoms with Crippen molar-refractivity contribution in [2.24, 2.45) is 5.73 Å². The summed E-state index contributed by atoms with van der Waals surface area (Å²) in [6, 6.07) is 11.6. The molecule has 0 amide bonds. The molecule has 1 aromatic heterocycles. The van der Waals surface area contributed by atoms with E-state index in [9.17, 15) is 0 Å². The average Bonchev–Trinajstić information content (AvgIpc) is 2.29. The van der Waals surface area contributed by atoms with Crippen molar-refractivity contribution in [3.8, 4) is 0 Å². The van der Waals surface area contributed by atoms with Crippen LogP contribution >= 0.6 is 23.4 Å². The molecule has 0 saturated carbocycles. The van der Waals surface area contributed by atoms with E-state index in [0.717, 1.165) is 20.5 Å². The molecular weight excluding hydrogens is 252 g/mol. The molecule has 17 heavy (non-hydrogen) atoms. The Balaban J connectivity index is 2.30. The fraction of sp³-hybridized carbons (Fsp3) is 0.154. The highest BCUT2D eigenvalue weighted by Crippen LogP contribution is 2.31. The average molecular weight is 265 g/mol. The molecule has 0 fully saturated rings. The highest BCUT2D eigenvalue weighted by atomic mass is 35.5. The molecule has 0 saturated heterocycles. The number of rotatable bonds is 3. The molecule has 0 radical (unpaired) electrons. The first-order chi connectivity index (χ1) is 8.16. The Hall–Kier alpha value is -1.03. The van der Waals surface area contributed by atoms with Crippen LogP contribution in [0.1, 0.15) is 18.5 Å². The van der Waals surface area contributed by atoms with Crippen LogP contribution in [0.2, 0.25) is 5.02 Å². The van der Waals surface area contributed by atoms with E-state index in [0.29, 0.717) is 0 Å². The molecule has 1 atom stereocenters. The third-order valence-electron chi connectivity index (χ3n) is 2.30. The van der Waals surface area contributed by atoms with Gasteiger partial charge in [-0.15, -0.1) is 0 Å². The van der Waals surface area contributed by atoms with Gasteiger partial charge < -0.3 is 5.73 Å². The van der Waals surface area contributed by atoms with Gasteiger partial charge in [-0.2, -0.15) is 0 Å². The number of pyridine rings is 1. The monoisotopic (exact) mass is 264 g/mol. The van der Waals surface area contributed by atoms with Crippen molar-refractivity contribution in [1.82, 2.24) is 4.98 Å². The summed E-state index contributed by atoms with van der Waals surface area (Å²) in [5.41, 5.74) is 6.97. The molecule has 0 aliphatic rings. The van der Waals surface area contributed by atoms with E-state index in [4.69, 9.17) is 17.3 Å². The SMILES string of the molecule is C[C@H](N)c1cccnc1Sc1cccc(Cl)c1. The van der Waals surface area contributed by atoms with Crippen molar-refractivity contribution in [2.75, 3.05) is 0 Å². The van der Waals surface area contributed by atoms with Crippen LogP contribution in [0.4, 0.5) is 0 Å². The van der Waals surface area contributed by atoms with E-state index in [1.807, 2.05) is 43.3 Å². The lowest BCUT2D eigenvalue weighted by Crippen LogP contribution is -2.07.